The minimum Gasteiger partial charge on any atom is -0.304 e. The molecule has 4 N–H and O–H groups in total. The average Bonchev–Trinajstić information content (AvgIpc) is 2.80. The van der Waals surface area contributed by atoms with Gasteiger partial charge in [-0.1, -0.05) is 12.1 Å². The Morgan fingerprint density at radius 2 is 1.77 bits per heavy atom. The number of nitrogens with two attached hydrogens (primary N) is 2. The number of hydrazine groups is 1. The first kappa shape index (κ1) is 23.1. The first-order valence-electron chi connectivity index (χ1n) is 10.8. The van der Waals surface area contributed by atoms with E-state index in [-0.39, 0.29) is 5.82 Å². The minimum atomic E-state index is -0.193. The first-order chi connectivity index (χ1) is 15.2. The fourth-order valence-electron chi connectivity index (χ4n) is 3.86. The Hall–Kier alpha value is -2.52. The summed E-state index contributed by atoms with van der Waals surface area (Å²) < 4.78 is 13.5. The quantitative estimate of drug-likeness (QED) is 0.441. The number of nitrogens with zero attached hydrogens (tertiary/aromatic N) is 5. The fraction of sp³-hybridized carbons (Fsp3) is 0.435. The van der Waals surface area contributed by atoms with Crippen LogP contribution in [0.5, 0.6) is 0 Å². The Balaban J connectivity index is 0.00000132. The maximum absolute atomic E-state index is 13.5. The molecule has 1 aliphatic rings. The van der Waals surface area contributed by atoms with Gasteiger partial charge in [-0.05, 0) is 62.7 Å². The van der Waals surface area contributed by atoms with Crippen molar-refractivity contribution in [2.24, 2.45) is 11.7 Å². The monoisotopic (exact) mass is 425 g/mol. The van der Waals surface area contributed by atoms with Crippen molar-refractivity contribution in [3.8, 4) is 0 Å². The van der Waals surface area contributed by atoms with Gasteiger partial charge in [0.25, 0.3) is 0 Å². The van der Waals surface area contributed by atoms with Crippen molar-refractivity contribution in [1.29, 1.82) is 0 Å². The van der Waals surface area contributed by atoms with E-state index in [2.05, 4.69) is 33.5 Å². The highest BCUT2D eigenvalue weighted by Gasteiger charge is 2.14. The molecule has 1 aromatic carbocycles. The highest BCUT2D eigenvalue weighted by atomic mass is 19.1. The number of hydrogen-bond donors (Lipinski definition) is 2. The van der Waals surface area contributed by atoms with Gasteiger partial charge in [0.2, 0.25) is 0 Å². The van der Waals surface area contributed by atoms with E-state index in [1.54, 1.807) is 18.3 Å². The van der Waals surface area contributed by atoms with Crippen LogP contribution in [-0.2, 0) is 19.3 Å². The molecule has 8 heteroatoms. The summed E-state index contributed by atoms with van der Waals surface area (Å²) in [5.41, 5.74) is 2.74. The number of rotatable bonds is 7. The number of fused-ring (bicyclic) bond motifs is 1. The second-order valence-corrected chi connectivity index (χ2v) is 7.84. The van der Waals surface area contributed by atoms with Crippen LogP contribution in [0.3, 0.4) is 0 Å². The molecule has 0 spiro atoms. The highest BCUT2D eigenvalue weighted by Crippen LogP contribution is 2.17. The lowest BCUT2D eigenvalue weighted by Gasteiger charge is -2.32. The van der Waals surface area contributed by atoms with Gasteiger partial charge in [-0.2, -0.15) is 0 Å². The number of aromatic nitrogens is 3. The van der Waals surface area contributed by atoms with Gasteiger partial charge in [0.05, 0.1) is 5.69 Å². The Bertz CT molecular complexity index is 958. The van der Waals surface area contributed by atoms with Crippen molar-refractivity contribution in [2.45, 2.75) is 25.7 Å². The van der Waals surface area contributed by atoms with Crippen LogP contribution in [-0.4, -0.2) is 64.5 Å². The first-order valence-corrected chi connectivity index (χ1v) is 10.8. The van der Waals surface area contributed by atoms with E-state index in [4.69, 9.17) is 9.97 Å². The normalized spacial score (nSPS) is 15.0. The van der Waals surface area contributed by atoms with E-state index >= 15 is 0 Å². The smallest absolute Gasteiger partial charge is 0.163 e. The average molecular weight is 426 g/mol. The maximum atomic E-state index is 13.5. The molecule has 31 heavy (non-hydrogen) atoms. The lowest BCUT2D eigenvalue weighted by Crippen LogP contribution is -2.44. The number of hydrogen-bond acceptors (Lipinski definition) is 7. The molecule has 3 aromatic rings. The molecule has 1 saturated heterocycles. The van der Waals surface area contributed by atoms with Gasteiger partial charge in [-0.25, -0.2) is 19.3 Å². The predicted molar refractivity (Wildman–Crippen MR) is 122 cm³/mol. The second-order valence-electron chi connectivity index (χ2n) is 7.84. The third kappa shape index (κ3) is 6.73. The molecule has 0 saturated carbocycles. The van der Waals surface area contributed by atoms with E-state index in [1.807, 2.05) is 18.2 Å². The molecule has 2 aromatic heterocycles. The summed E-state index contributed by atoms with van der Waals surface area (Å²) in [6, 6.07) is 10.7. The van der Waals surface area contributed by atoms with E-state index in [0.717, 1.165) is 86.5 Å². The molecule has 0 radical (unpaired) electrons. The Kier molecular flexibility index (Phi) is 8.78. The summed E-state index contributed by atoms with van der Waals surface area (Å²) in [7, 11) is 2.18. The van der Waals surface area contributed by atoms with Gasteiger partial charge < -0.3 is 9.80 Å². The van der Waals surface area contributed by atoms with Gasteiger partial charge in [0.15, 0.2) is 5.65 Å². The molecule has 0 bridgehead atoms. The number of likely N-dealkylation sites (N-methyl/N-ethyl adjacent to an activating group) is 1. The summed E-state index contributed by atoms with van der Waals surface area (Å²) in [6.45, 7) is 5.63. The van der Waals surface area contributed by atoms with Crippen LogP contribution < -0.4 is 11.7 Å². The molecule has 0 atom stereocenters. The van der Waals surface area contributed by atoms with Crippen LogP contribution in [0.25, 0.3) is 11.0 Å². The lowest BCUT2D eigenvalue weighted by molar-refractivity contribution is 0.153. The topological polar surface area (TPSA) is 97.2 Å². The van der Waals surface area contributed by atoms with Crippen LogP contribution in [0.1, 0.15) is 23.5 Å². The molecule has 3 heterocycles. The predicted octanol–water partition coefficient (Wildman–Crippen LogP) is 1.95. The molecule has 7 nitrogen and oxygen atoms in total. The lowest BCUT2D eigenvalue weighted by atomic mass is 10.1. The van der Waals surface area contributed by atoms with Gasteiger partial charge in [0.1, 0.15) is 11.6 Å². The molecule has 0 aliphatic carbocycles. The molecular formula is C23H32FN7. The number of benzene rings is 1. The number of halogens is 1. The van der Waals surface area contributed by atoms with Crippen LogP contribution >= 0.6 is 0 Å². The largest absolute Gasteiger partial charge is 0.304 e. The fourth-order valence-corrected chi connectivity index (χ4v) is 3.86. The van der Waals surface area contributed by atoms with Crippen LogP contribution in [0.4, 0.5) is 4.39 Å². The van der Waals surface area contributed by atoms with Crippen LogP contribution in [0, 0.1) is 5.82 Å². The molecule has 166 valence electrons. The van der Waals surface area contributed by atoms with Crippen molar-refractivity contribution in [3.05, 3.63) is 65.5 Å². The van der Waals surface area contributed by atoms with Gasteiger partial charge >= 0.3 is 0 Å². The number of piperazine rings is 1. The van der Waals surface area contributed by atoms with E-state index in [9.17, 15) is 4.39 Å². The summed E-state index contributed by atoms with van der Waals surface area (Å²) in [5, 5.41) is 0.992. The number of pyridine rings is 1. The Morgan fingerprint density at radius 3 is 2.55 bits per heavy atom. The van der Waals surface area contributed by atoms with Crippen molar-refractivity contribution in [2.75, 3.05) is 39.8 Å². The molecule has 0 amide bonds. The highest BCUT2D eigenvalue weighted by molar-refractivity contribution is 5.77. The maximum Gasteiger partial charge on any atom is 0.163 e. The van der Waals surface area contributed by atoms with E-state index in [1.165, 1.54) is 6.07 Å². The Morgan fingerprint density at radius 1 is 0.968 bits per heavy atom. The zero-order chi connectivity index (χ0) is 22.1. The van der Waals surface area contributed by atoms with Crippen LogP contribution in [0.15, 0.2) is 42.6 Å². The Labute approximate surface area is 183 Å². The van der Waals surface area contributed by atoms with E-state index < -0.39 is 0 Å². The van der Waals surface area contributed by atoms with Crippen molar-refractivity contribution >= 4 is 11.0 Å². The summed E-state index contributed by atoms with van der Waals surface area (Å²) in [4.78, 5) is 18.9. The van der Waals surface area contributed by atoms with Crippen molar-refractivity contribution in [3.63, 3.8) is 0 Å². The van der Waals surface area contributed by atoms with Gasteiger partial charge in [-0.15, -0.1) is 0 Å². The second kappa shape index (κ2) is 11.8. The zero-order valence-corrected chi connectivity index (χ0v) is 18.2. The molecule has 4 rings (SSSR count). The minimum absolute atomic E-state index is 0.193. The SMILES string of the molecule is CN1CCN(CCCc2nc(CCc3cccc(F)c3)c3cccnc3n2)CC1.NN. The summed E-state index contributed by atoms with van der Waals surface area (Å²) in [6.07, 6.45) is 5.18. The van der Waals surface area contributed by atoms with Crippen molar-refractivity contribution < 1.29 is 4.39 Å². The van der Waals surface area contributed by atoms with Crippen molar-refractivity contribution in [1.82, 2.24) is 24.8 Å². The van der Waals surface area contributed by atoms with Crippen LogP contribution in [0.2, 0.25) is 0 Å². The van der Waals surface area contributed by atoms with Gasteiger partial charge in [0, 0.05) is 44.2 Å². The molecule has 1 aliphatic heterocycles. The standard InChI is InChI=1S/C23H28FN5.H4N2/c1-28-13-15-29(16-14-28)12-4-8-22-26-21(20-7-3-11-25-23(20)27-22)10-9-18-5-2-6-19(24)17-18;1-2/h2-3,5-7,11,17H,4,8-10,12-16H2,1H3;1-2H2. The van der Waals surface area contributed by atoms with Gasteiger partial charge in [-0.3, -0.25) is 11.7 Å². The summed E-state index contributed by atoms with van der Waals surface area (Å²) in [5.74, 6) is 8.67. The summed E-state index contributed by atoms with van der Waals surface area (Å²) >= 11 is 0. The third-order valence-electron chi connectivity index (χ3n) is 5.61. The molecule has 0 unspecified atom stereocenters. The molecule has 1 fully saturated rings. The zero-order valence-electron chi connectivity index (χ0n) is 18.2. The number of aryl methyl sites for hydroxylation is 3. The third-order valence-corrected chi connectivity index (χ3v) is 5.61. The molecular weight excluding hydrogens is 393 g/mol. The van der Waals surface area contributed by atoms with E-state index in [0.29, 0.717) is 0 Å².